The molecule has 0 amide bonds. The van der Waals surface area contributed by atoms with Crippen LogP contribution in [0, 0.1) is 0 Å². The minimum atomic E-state index is -0.168. The molecule has 1 heterocycles. The number of phenolic OH excluding ortho intramolecular Hbond substituents is 1. The number of likely N-dealkylation sites (N-methyl/N-ethyl adjacent to an activating group) is 1. The summed E-state index contributed by atoms with van der Waals surface area (Å²) < 4.78 is 0. The molecule has 110 valence electrons. The van der Waals surface area contributed by atoms with Crippen molar-refractivity contribution in [1.82, 2.24) is 9.80 Å². The van der Waals surface area contributed by atoms with Crippen LogP contribution in [0.3, 0.4) is 0 Å². The van der Waals surface area contributed by atoms with Gasteiger partial charge in [-0.25, -0.2) is 0 Å². The van der Waals surface area contributed by atoms with Gasteiger partial charge in [0.2, 0.25) is 0 Å². The van der Waals surface area contributed by atoms with Crippen LogP contribution in [0.1, 0.15) is 29.3 Å². The van der Waals surface area contributed by atoms with Crippen LogP contribution in [-0.4, -0.2) is 53.9 Å². The van der Waals surface area contributed by atoms with E-state index in [1.165, 1.54) is 13.0 Å². The molecule has 0 aliphatic carbocycles. The van der Waals surface area contributed by atoms with Crippen LogP contribution in [0.15, 0.2) is 12.1 Å². The molecule has 2 rings (SSSR count). The molecule has 0 spiro atoms. The normalized spacial score (nSPS) is 19.8. The Morgan fingerprint density at radius 2 is 2.20 bits per heavy atom. The van der Waals surface area contributed by atoms with E-state index in [1.807, 2.05) is 0 Å². The lowest BCUT2D eigenvalue weighted by atomic mass is 10.1. The molecule has 5 heteroatoms. The van der Waals surface area contributed by atoms with Crippen molar-refractivity contribution in [3.05, 3.63) is 28.3 Å². The number of hydrogen-bond donors (Lipinski definition) is 1. The van der Waals surface area contributed by atoms with Crippen LogP contribution in [0.5, 0.6) is 5.75 Å². The maximum atomic E-state index is 11.5. The van der Waals surface area contributed by atoms with E-state index in [2.05, 4.69) is 23.9 Å². The van der Waals surface area contributed by atoms with Crippen molar-refractivity contribution in [2.75, 3.05) is 27.2 Å². The van der Waals surface area contributed by atoms with E-state index in [0.717, 1.165) is 25.1 Å². The molecule has 0 bridgehead atoms. The van der Waals surface area contributed by atoms with E-state index in [0.29, 0.717) is 23.2 Å². The summed E-state index contributed by atoms with van der Waals surface area (Å²) in [5.41, 5.74) is 1.03. The topological polar surface area (TPSA) is 43.8 Å². The number of aromatic hydroxyl groups is 1. The summed E-state index contributed by atoms with van der Waals surface area (Å²) in [6.07, 6.45) is 1.12. The zero-order valence-electron chi connectivity index (χ0n) is 12.2. The quantitative estimate of drug-likeness (QED) is 0.867. The predicted molar refractivity (Wildman–Crippen MR) is 80.5 cm³/mol. The van der Waals surface area contributed by atoms with E-state index >= 15 is 0 Å². The number of ketones is 1. The number of carbonyl (C=O) groups excluding carboxylic acids is 1. The van der Waals surface area contributed by atoms with Crippen molar-refractivity contribution < 1.29 is 9.90 Å². The third-order valence-corrected chi connectivity index (χ3v) is 4.12. The molecule has 1 N–H and O–H groups in total. The summed E-state index contributed by atoms with van der Waals surface area (Å²) in [5.74, 6) is -0.103. The maximum Gasteiger partial charge on any atom is 0.163 e. The largest absolute Gasteiger partial charge is 0.507 e. The van der Waals surface area contributed by atoms with Gasteiger partial charge in [0.15, 0.2) is 5.78 Å². The predicted octanol–water partition coefficient (Wildman–Crippen LogP) is 2.38. The van der Waals surface area contributed by atoms with Gasteiger partial charge in [-0.3, -0.25) is 9.69 Å². The zero-order chi connectivity index (χ0) is 14.9. The molecule has 0 aromatic heterocycles. The van der Waals surface area contributed by atoms with E-state index in [-0.39, 0.29) is 11.5 Å². The molecule has 0 saturated carbocycles. The van der Waals surface area contributed by atoms with Gasteiger partial charge in [-0.1, -0.05) is 11.6 Å². The molecule has 1 unspecified atom stereocenters. The van der Waals surface area contributed by atoms with Gasteiger partial charge in [0.25, 0.3) is 0 Å². The van der Waals surface area contributed by atoms with Gasteiger partial charge in [-0.05, 0) is 39.6 Å². The highest BCUT2D eigenvalue weighted by Gasteiger charge is 2.25. The number of carbonyl (C=O) groups is 1. The third-order valence-electron chi connectivity index (χ3n) is 3.90. The molecular weight excluding hydrogens is 276 g/mol. The maximum absolute atomic E-state index is 11.5. The average molecular weight is 297 g/mol. The SMILES string of the molecule is CC(=O)c1cc(Cl)cc(CN2CCC(N(C)C)C2)c1O. The Bertz CT molecular complexity index is 517. The van der Waals surface area contributed by atoms with Crippen LogP contribution >= 0.6 is 11.6 Å². The molecule has 1 saturated heterocycles. The smallest absolute Gasteiger partial charge is 0.163 e. The Morgan fingerprint density at radius 3 is 2.75 bits per heavy atom. The highest BCUT2D eigenvalue weighted by atomic mass is 35.5. The Kier molecular flexibility index (Phi) is 4.68. The number of likely N-dealkylation sites (tertiary alicyclic amines) is 1. The molecule has 0 radical (unpaired) electrons. The lowest BCUT2D eigenvalue weighted by Crippen LogP contribution is -2.31. The summed E-state index contributed by atoms with van der Waals surface area (Å²) in [5, 5.41) is 10.7. The number of hydrogen-bond acceptors (Lipinski definition) is 4. The Morgan fingerprint density at radius 1 is 1.50 bits per heavy atom. The Balaban J connectivity index is 2.16. The molecule has 1 aromatic carbocycles. The van der Waals surface area contributed by atoms with Crippen LogP contribution in [0.4, 0.5) is 0 Å². The van der Waals surface area contributed by atoms with Gasteiger partial charge < -0.3 is 10.0 Å². The summed E-state index contributed by atoms with van der Waals surface area (Å²) in [6.45, 7) is 4.02. The van der Waals surface area contributed by atoms with Gasteiger partial charge in [0.05, 0.1) is 5.56 Å². The van der Waals surface area contributed by atoms with Crippen LogP contribution < -0.4 is 0 Å². The minimum absolute atomic E-state index is 0.0650. The van der Waals surface area contributed by atoms with Gasteiger partial charge in [0.1, 0.15) is 5.75 Å². The molecule has 1 aromatic rings. The highest BCUT2D eigenvalue weighted by Crippen LogP contribution is 2.29. The molecule has 1 aliphatic heterocycles. The van der Waals surface area contributed by atoms with Crippen molar-refractivity contribution in [3.8, 4) is 5.75 Å². The van der Waals surface area contributed by atoms with Crippen molar-refractivity contribution in [2.24, 2.45) is 0 Å². The number of halogens is 1. The fraction of sp³-hybridized carbons (Fsp3) is 0.533. The first-order valence-corrected chi connectivity index (χ1v) is 7.17. The Labute approximate surface area is 124 Å². The lowest BCUT2D eigenvalue weighted by Gasteiger charge is -2.21. The van der Waals surface area contributed by atoms with Gasteiger partial charge >= 0.3 is 0 Å². The van der Waals surface area contributed by atoms with Crippen molar-refractivity contribution in [1.29, 1.82) is 0 Å². The number of nitrogens with zero attached hydrogens (tertiary/aromatic N) is 2. The number of benzene rings is 1. The first kappa shape index (κ1) is 15.3. The van der Waals surface area contributed by atoms with E-state index in [9.17, 15) is 9.90 Å². The highest BCUT2D eigenvalue weighted by molar-refractivity contribution is 6.31. The van der Waals surface area contributed by atoms with Crippen molar-refractivity contribution in [3.63, 3.8) is 0 Å². The number of phenols is 1. The number of Topliss-reactive ketones (excluding diaryl/α,β-unsaturated/α-hetero) is 1. The second-order valence-electron chi connectivity index (χ2n) is 5.66. The second kappa shape index (κ2) is 6.12. The molecular formula is C15H21ClN2O2. The van der Waals surface area contributed by atoms with Crippen LogP contribution in [0.2, 0.25) is 5.02 Å². The first-order chi connectivity index (χ1) is 9.38. The molecule has 1 aliphatic rings. The molecule has 20 heavy (non-hydrogen) atoms. The monoisotopic (exact) mass is 296 g/mol. The van der Waals surface area contributed by atoms with E-state index in [4.69, 9.17) is 11.6 Å². The summed E-state index contributed by atoms with van der Waals surface area (Å²) >= 11 is 6.04. The average Bonchev–Trinajstić information content (AvgIpc) is 2.81. The fourth-order valence-corrected chi connectivity index (χ4v) is 2.90. The lowest BCUT2D eigenvalue weighted by molar-refractivity contribution is 0.101. The summed E-state index contributed by atoms with van der Waals surface area (Å²) in [4.78, 5) is 16.0. The van der Waals surface area contributed by atoms with Crippen molar-refractivity contribution in [2.45, 2.75) is 25.9 Å². The second-order valence-corrected chi connectivity index (χ2v) is 6.09. The van der Waals surface area contributed by atoms with Crippen LogP contribution in [-0.2, 0) is 6.54 Å². The third kappa shape index (κ3) is 3.32. The van der Waals surface area contributed by atoms with Gasteiger partial charge in [0, 0.05) is 36.3 Å². The van der Waals surface area contributed by atoms with Gasteiger partial charge in [-0.2, -0.15) is 0 Å². The standard InChI is InChI=1S/C15H21ClN2O2/c1-10(19)14-7-12(16)6-11(15(14)20)8-18-5-4-13(9-18)17(2)3/h6-7,13,20H,4-5,8-9H2,1-3H3. The summed E-state index contributed by atoms with van der Waals surface area (Å²) in [7, 11) is 4.16. The van der Waals surface area contributed by atoms with Gasteiger partial charge in [-0.15, -0.1) is 0 Å². The van der Waals surface area contributed by atoms with E-state index in [1.54, 1.807) is 6.07 Å². The molecule has 1 fully saturated rings. The van der Waals surface area contributed by atoms with E-state index < -0.39 is 0 Å². The molecule has 4 nitrogen and oxygen atoms in total. The summed E-state index contributed by atoms with van der Waals surface area (Å²) in [6, 6.07) is 3.81. The Hall–Kier alpha value is -1.10. The number of rotatable bonds is 4. The fourth-order valence-electron chi connectivity index (χ4n) is 2.66. The zero-order valence-corrected chi connectivity index (χ0v) is 12.9. The van der Waals surface area contributed by atoms with Crippen molar-refractivity contribution >= 4 is 17.4 Å². The minimum Gasteiger partial charge on any atom is -0.507 e. The van der Waals surface area contributed by atoms with Crippen LogP contribution in [0.25, 0.3) is 0 Å². The molecule has 1 atom stereocenters. The first-order valence-electron chi connectivity index (χ1n) is 6.79.